The predicted octanol–water partition coefficient (Wildman–Crippen LogP) is 2.32. The molecule has 0 bridgehead atoms. The highest BCUT2D eigenvalue weighted by Gasteiger charge is 2.32. The summed E-state index contributed by atoms with van der Waals surface area (Å²) in [7, 11) is 0. The summed E-state index contributed by atoms with van der Waals surface area (Å²) in [6.07, 6.45) is 7.25. The van der Waals surface area contributed by atoms with E-state index in [1.54, 1.807) is 12.3 Å². The largest absolute Gasteiger partial charge is 0.397 e. The van der Waals surface area contributed by atoms with Crippen LogP contribution in [-0.4, -0.2) is 28.7 Å². The van der Waals surface area contributed by atoms with Gasteiger partial charge in [0.05, 0.1) is 12.3 Å². The minimum atomic E-state index is -0.144. The first-order valence-corrected chi connectivity index (χ1v) is 7.84. The molecule has 1 aliphatic carbocycles. The summed E-state index contributed by atoms with van der Waals surface area (Å²) >= 11 is 0. The molecule has 118 valence electrons. The number of amides is 1. The zero-order valence-corrected chi connectivity index (χ0v) is 13.1. The van der Waals surface area contributed by atoms with Crippen LogP contribution < -0.4 is 11.1 Å². The fourth-order valence-electron chi connectivity index (χ4n) is 3.16. The van der Waals surface area contributed by atoms with Gasteiger partial charge in [0.25, 0.3) is 5.91 Å². The second-order valence-electron chi connectivity index (χ2n) is 6.56. The van der Waals surface area contributed by atoms with E-state index in [1.165, 1.54) is 6.42 Å². The molecule has 2 rings (SSSR count). The Labute approximate surface area is 126 Å². The minimum Gasteiger partial charge on any atom is -0.397 e. The quantitative estimate of drug-likeness (QED) is 0.779. The summed E-state index contributed by atoms with van der Waals surface area (Å²) in [6, 6.07) is 1.89. The molecule has 1 saturated carbocycles. The van der Waals surface area contributed by atoms with Crippen molar-refractivity contribution in [2.24, 2.45) is 5.41 Å². The lowest BCUT2D eigenvalue weighted by molar-refractivity contribution is 0.0712. The van der Waals surface area contributed by atoms with E-state index in [0.717, 1.165) is 25.7 Å². The van der Waals surface area contributed by atoms with Crippen LogP contribution in [0.5, 0.6) is 0 Å². The van der Waals surface area contributed by atoms with Crippen LogP contribution in [0.1, 0.15) is 62.5 Å². The number of aromatic nitrogens is 1. The number of aliphatic hydroxyl groups excluding tert-OH is 1. The average molecular weight is 293 g/mol. The predicted molar refractivity (Wildman–Crippen MR) is 84.2 cm³/mol. The normalized spacial score (nSPS) is 17.9. The van der Waals surface area contributed by atoms with Gasteiger partial charge in [0.2, 0.25) is 0 Å². The van der Waals surface area contributed by atoms with Crippen molar-refractivity contribution in [2.45, 2.75) is 52.0 Å². The van der Waals surface area contributed by atoms with Crippen LogP contribution in [0.15, 0.2) is 12.3 Å². The zero-order valence-electron chi connectivity index (χ0n) is 13.1. The number of rotatable bonds is 5. The van der Waals surface area contributed by atoms with Crippen molar-refractivity contribution < 1.29 is 9.90 Å². The van der Waals surface area contributed by atoms with Crippen molar-refractivity contribution in [3.05, 3.63) is 18.0 Å². The Morgan fingerprint density at radius 2 is 2.10 bits per heavy atom. The van der Waals surface area contributed by atoms with Crippen LogP contribution in [0.2, 0.25) is 0 Å². The number of carbonyl (C=O) groups is 1. The van der Waals surface area contributed by atoms with E-state index in [9.17, 15) is 9.90 Å². The lowest BCUT2D eigenvalue weighted by Crippen LogP contribution is -2.41. The number of nitrogen functional groups attached to an aromatic ring is 1. The third-order valence-electron chi connectivity index (χ3n) is 4.53. The average Bonchev–Trinajstić information content (AvgIpc) is 2.88. The number of nitrogens with two attached hydrogens (primary N) is 1. The van der Waals surface area contributed by atoms with Gasteiger partial charge in [0, 0.05) is 24.2 Å². The Kier molecular flexibility index (Phi) is 4.93. The smallest absolute Gasteiger partial charge is 0.268 e. The summed E-state index contributed by atoms with van der Waals surface area (Å²) in [6.45, 7) is 4.71. The Bertz CT molecular complexity index is 488. The fourth-order valence-corrected chi connectivity index (χ4v) is 3.16. The number of anilines is 1. The molecule has 5 nitrogen and oxygen atoms in total. The van der Waals surface area contributed by atoms with E-state index in [0.29, 0.717) is 17.9 Å². The van der Waals surface area contributed by atoms with E-state index in [1.807, 2.05) is 18.4 Å². The SMILES string of the molecule is CC(C)n1cc(N)cc1C(=O)NCC1(CO)CCCCC1. The topological polar surface area (TPSA) is 80.3 Å². The number of nitrogens with zero attached hydrogens (tertiary/aromatic N) is 1. The van der Waals surface area contributed by atoms with Crippen molar-refractivity contribution in [1.29, 1.82) is 0 Å². The maximum absolute atomic E-state index is 12.4. The number of carbonyl (C=O) groups excluding carboxylic acids is 1. The molecule has 4 N–H and O–H groups in total. The van der Waals surface area contributed by atoms with Gasteiger partial charge in [-0.2, -0.15) is 0 Å². The lowest BCUT2D eigenvalue weighted by Gasteiger charge is -2.35. The van der Waals surface area contributed by atoms with Gasteiger partial charge in [-0.25, -0.2) is 0 Å². The highest BCUT2D eigenvalue weighted by Crippen LogP contribution is 2.35. The molecule has 1 aliphatic rings. The van der Waals surface area contributed by atoms with Crippen molar-refractivity contribution in [3.63, 3.8) is 0 Å². The Morgan fingerprint density at radius 1 is 1.43 bits per heavy atom. The molecule has 5 heteroatoms. The van der Waals surface area contributed by atoms with Crippen LogP contribution in [0.3, 0.4) is 0 Å². The van der Waals surface area contributed by atoms with Crippen molar-refractivity contribution >= 4 is 11.6 Å². The molecule has 0 aromatic carbocycles. The van der Waals surface area contributed by atoms with Crippen LogP contribution in [-0.2, 0) is 0 Å². The van der Waals surface area contributed by atoms with Gasteiger partial charge in [-0.3, -0.25) is 4.79 Å². The summed E-state index contributed by atoms with van der Waals surface area (Å²) in [5.74, 6) is -0.112. The second kappa shape index (κ2) is 6.52. The van der Waals surface area contributed by atoms with E-state index >= 15 is 0 Å². The van der Waals surface area contributed by atoms with Gasteiger partial charge >= 0.3 is 0 Å². The summed E-state index contributed by atoms with van der Waals surface area (Å²) in [4.78, 5) is 12.4. The molecule has 0 radical (unpaired) electrons. The molecule has 0 aliphatic heterocycles. The van der Waals surface area contributed by atoms with Crippen molar-refractivity contribution in [1.82, 2.24) is 9.88 Å². The second-order valence-corrected chi connectivity index (χ2v) is 6.56. The fraction of sp³-hybridized carbons (Fsp3) is 0.688. The monoisotopic (exact) mass is 293 g/mol. The van der Waals surface area contributed by atoms with Gasteiger partial charge in [0.1, 0.15) is 5.69 Å². The first kappa shape index (κ1) is 15.9. The number of hydrogen-bond donors (Lipinski definition) is 3. The number of aliphatic hydroxyl groups is 1. The first-order valence-electron chi connectivity index (χ1n) is 7.84. The third-order valence-corrected chi connectivity index (χ3v) is 4.53. The molecule has 0 atom stereocenters. The molecular formula is C16H27N3O2. The third kappa shape index (κ3) is 3.59. The van der Waals surface area contributed by atoms with E-state index in [4.69, 9.17) is 5.73 Å². The van der Waals surface area contributed by atoms with E-state index in [2.05, 4.69) is 5.32 Å². The standard InChI is InChI=1S/C16H27N3O2/c1-12(2)19-9-13(17)8-14(19)15(21)18-10-16(11-20)6-4-3-5-7-16/h8-9,12,20H,3-7,10-11,17H2,1-2H3,(H,18,21). The van der Waals surface area contributed by atoms with Crippen LogP contribution >= 0.6 is 0 Å². The molecule has 1 heterocycles. The molecule has 1 aromatic heterocycles. The van der Waals surface area contributed by atoms with Crippen LogP contribution in [0, 0.1) is 5.41 Å². The highest BCUT2D eigenvalue weighted by molar-refractivity contribution is 5.93. The zero-order chi connectivity index (χ0) is 15.5. The van der Waals surface area contributed by atoms with Gasteiger partial charge in [0.15, 0.2) is 0 Å². The summed E-state index contributed by atoms with van der Waals surface area (Å²) in [5, 5.41) is 12.7. The van der Waals surface area contributed by atoms with Crippen molar-refractivity contribution in [3.8, 4) is 0 Å². The maximum Gasteiger partial charge on any atom is 0.268 e. The number of nitrogens with one attached hydrogen (secondary N) is 1. The highest BCUT2D eigenvalue weighted by atomic mass is 16.3. The number of hydrogen-bond acceptors (Lipinski definition) is 3. The Morgan fingerprint density at radius 3 is 2.67 bits per heavy atom. The molecule has 0 saturated heterocycles. The van der Waals surface area contributed by atoms with E-state index in [-0.39, 0.29) is 24.0 Å². The summed E-state index contributed by atoms with van der Waals surface area (Å²) in [5.41, 5.74) is 6.85. The maximum atomic E-state index is 12.4. The molecule has 1 aromatic rings. The molecule has 0 unspecified atom stereocenters. The Hall–Kier alpha value is -1.49. The Balaban J connectivity index is 2.04. The van der Waals surface area contributed by atoms with Gasteiger partial charge in [-0.05, 0) is 32.8 Å². The molecule has 1 amide bonds. The lowest BCUT2D eigenvalue weighted by atomic mass is 9.74. The molecule has 0 spiro atoms. The van der Waals surface area contributed by atoms with E-state index < -0.39 is 0 Å². The van der Waals surface area contributed by atoms with Crippen LogP contribution in [0.25, 0.3) is 0 Å². The minimum absolute atomic E-state index is 0.112. The van der Waals surface area contributed by atoms with Gasteiger partial charge < -0.3 is 20.7 Å². The van der Waals surface area contributed by atoms with Gasteiger partial charge in [-0.1, -0.05) is 19.3 Å². The van der Waals surface area contributed by atoms with Gasteiger partial charge in [-0.15, -0.1) is 0 Å². The first-order chi connectivity index (χ1) is 9.97. The molecular weight excluding hydrogens is 266 g/mol. The molecule has 1 fully saturated rings. The molecule has 21 heavy (non-hydrogen) atoms. The summed E-state index contributed by atoms with van der Waals surface area (Å²) < 4.78 is 1.89. The van der Waals surface area contributed by atoms with Crippen LogP contribution in [0.4, 0.5) is 5.69 Å². The van der Waals surface area contributed by atoms with Crippen molar-refractivity contribution in [2.75, 3.05) is 18.9 Å².